The van der Waals surface area contributed by atoms with Gasteiger partial charge in [0.15, 0.2) is 0 Å². The molecule has 5 unspecified atom stereocenters. The van der Waals surface area contributed by atoms with Crippen LogP contribution < -0.4 is 5.32 Å². The minimum absolute atomic E-state index is 0.0807. The molecule has 3 aliphatic carbocycles. The lowest BCUT2D eigenvalue weighted by molar-refractivity contribution is -0.151. The number of nitrogens with zero attached hydrogens (tertiary/aromatic N) is 1. The van der Waals surface area contributed by atoms with E-state index in [1.54, 1.807) is 0 Å². The average molecular weight is 290 g/mol. The normalized spacial score (nSPS) is 42.5. The van der Waals surface area contributed by atoms with Gasteiger partial charge in [0.05, 0.1) is 0 Å². The van der Waals surface area contributed by atoms with Crippen LogP contribution in [0, 0.1) is 23.7 Å². The molecule has 116 valence electrons. The fraction of sp³-hybridized carbons (Fsp3) is 0.882. The van der Waals surface area contributed by atoms with Gasteiger partial charge in [-0.2, -0.15) is 0 Å². The van der Waals surface area contributed by atoms with Crippen molar-refractivity contribution in [1.82, 2.24) is 10.2 Å². The summed E-state index contributed by atoms with van der Waals surface area (Å²) in [6, 6.07) is -0.453. The van der Waals surface area contributed by atoms with E-state index < -0.39 is 0 Å². The number of carbonyl (C=O) groups is 2. The largest absolute Gasteiger partial charge is 0.342 e. The first-order valence-electron chi connectivity index (χ1n) is 8.78. The maximum absolute atomic E-state index is 12.8. The third-order valence-electron chi connectivity index (χ3n) is 6.32. The molecule has 0 aromatic rings. The summed E-state index contributed by atoms with van der Waals surface area (Å²) in [5.41, 5.74) is 0. The summed E-state index contributed by atoms with van der Waals surface area (Å²) in [5, 5.41) is 2.99. The number of fused-ring (bicyclic) bond motifs is 2. The van der Waals surface area contributed by atoms with E-state index in [1.165, 1.54) is 25.7 Å². The van der Waals surface area contributed by atoms with E-state index in [0.29, 0.717) is 11.8 Å². The highest BCUT2D eigenvalue weighted by Crippen LogP contribution is 2.49. The van der Waals surface area contributed by atoms with Gasteiger partial charge < -0.3 is 10.2 Å². The highest BCUT2D eigenvalue weighted by atomic mass is 16.2. The lowest BCUT2D eigenvalue weighted by Gasteiger charge is -2.41. The van der Waals surface area contributed by atoms with Crippen LogP contribution in [0.2, 0.25) is 0 Å². The molecule has 2 amide bonds. The maximum Gasteiger partial charge on any atom is 0.246 e. The Morgan fingerprint density at radius 3 is 2.43 bits per heavy atom. The number of nitrogens with one attached hydrogen (secondary N) is 1. The van der Waals surface area contributed by atoms with Crippen molar-refractivity contribution in [3.05, 3.63) is 0 Å². The Morgan fingerprint density at radius 1 is 1.10 bits per heavy atom. The standard InChI is InChI=1S/C17H26N2O2/c1-2-14-16(20)18-15(11-5-6-11)17(21)19(14)9-13-8-10-3-4-12(13)7-10/h10-15H,2-9H2,1H3,(H,18,20). The van der Waals surface area contributed by atoms with Gasteiger partial charge in [0.25, 0.3) is 0 Å². The fourth-order valence-electron chi connectivity index (χ4n) is 5.01. The van der Waals surface area contributed by atoms with Crippen molar-refractivity contribution < 1.29 is 9.59 Å². The molecule has 5 atom stereocenters. The number of amides is 2. The van der Waals surface area contributed by atoms with E-state index in [4.69, 9.17) is 0 Å². The monoisotopic (exact) mass is 290 g/mol. The third kappa shape index (κ3) is 2.27. The molecule has 2 bridgehead atoms. The Labute approximate surface area is 126 Å². The van der Waals surface area contributed by atoms with Crippen LogP contribution in [0.1, 0.15) is 51.9 Å². The zero-order chi connectivity index (χ0) is 14.6. The lowest BCUT2D eigenvalue weighted by atomic mass is 9.87. The molecule has 21 heavy (non-hydrogen) atoms. The Bertz CT molecular complexity index is 460. The van der Waals surface area contributed by atoms with Gasteiger partial charge in [-0.05, 0) is 62.2 Å². The number of piperazine rings is 1. The van der Waals surface area contributed by atoms with Crippen molar-refractivity contribution in [3.8, 4) is 0 Å². The van der Waals surface area contributed by atoms with Crippen LogP contribution in [0.25, 0.3) is 0 Å². The van der Waals surface area contributed by atoms with Gasteiger partial charge in [0.2, 0.25) is 11.8 Å². The summed E-state index contributed by atoms with van der Waals surface area (Å²) in [7, 11) is 0. The first-order chi connectivity index (χ1) is 10.2. The zero-order valence-electron chi connectivity index (χ0n) is 12.9. The van der Waals surface area contributed by atoms with Gasteiger partial charge in [-0.1, -0.05) is 13.3 Å². The van der Waals surface area contributed by atoms with E-state index in [9.17, 15) is 9.59 Å². The highest BCUT2D eigenvalue weighted by Gasteiger charge is 2.48. The highest BCUT2D eigenvalue weighted by molar-refractivity contribution is 5.97. The Balaban J connectivity index is 1.51. The van der Waals surface area contributed by atoms with Crippen LogP contribution in [0.3, 0.4) is 0 Å². The molecule has 4 fully saturated rings. The maximum atomic E-state index is 12.8. The molecule has 1 aliphatic heterocycles. The number of hydrogen-bond donors (Lipinski definition) is 1. The Hall–Kier alpha value is -1.06. The zero-order valence-corrected chi connectivity index (χ0v) is 12.9. The predicted octanol–water partition coefficient (Wildman–Crippen LogP) is 1.94. The van der Waals surface area contributed by atoms with Gasteiger partial charge >= 0.3 is 0 Å². The number of hydrogen-bond acceptors (Lipinski definition) is 2. The summed E-state index contributed by atoms with van der Waals surface area (Å²) in [6.45, 7) is 2.85. The van der Waals surface area contributed by atoms with E-state index in [2.05, 4.69) is 5.32 Å². The quantitative estimate of drug-likeness (QED) is 0.860. The van der Waals surface area contributed by atoms with Crippen LogP contribution in [-0.2, 0) is 9.59 Å². The molecule has 0 aromatic heterocycles. The van der Waals surface area contributed by atoms with Gasteiger partial charge in [0, 0.05) is 6.54 Å². The van der Waals surface area contributed by atoms with Crippen molar-refractivity contribution in [3.63, 3.8) is 0 Å². The topological polar surface area (TPSA) is 49.4 Å². The molecule has 4 aliphatic rings. The first kappa shape index (κ1) is 13.6. The Kier molecular flexibility index (Phi) is 3.23. The molecular formula is C17H26N2O2. The molecule has 1 N–H and O–H groups in total. The van der Waals surface area contributed by atoms with Crippen molar-refractivity contribution in [1.29, 1.82) is 0 Å². The van der Waals surface area contributed by atoms with E-state index in [1.807, 2.05) is 11.8 Å². The van der Waals surface area contributed by atoms with Crippen LogP contribution in [0.15, 0.2) is 0 Å². The summed E-state index contributed by atoms with van der Waals surface area (Å²) in [6.07, 6.45) is 8.28. The van der Waals surface area contributed by atoms with Crippen LogP contribution >= 0.6 is 0 Å². The van der Waals surface area contributed by atoms with E-state index in [0.717, 1.165) is 37.6 Å². The smallest absolute Gasteiger partial charge is 0.246 e. The van der Waals surface area contributed by atoms with Crippen molar-refractivity contribution >= 4 is 11.8 Å². The molecule has 4 rings (SSSR count). The van der Waals surface area contributed by atoms with Crippen LogP contribution in [0.4, 0.5) is 0 Å². The van der Waals surface area contributed by atoms with E-state index >= 15 is 0 Å². The van der Waals surface area contributed by atoms with E-state index in [-0.39, 0.29) is 23.9 Å². The number of carbonyl (C=O) groups excluding carboxylic acids is 2. The molecule has 0 aromatic carbocycles. The Morgan fingerprint density at radius 2 is 1.86 bits per heavy atom. The predicted molar refractivity (Wildman–Crippen MR) is 79.4 cm³/mol. The third-order valence-corrected chi connectivity index (χ3v) is 6.32. The van der Waals surface area contributed by atoms with Gasteiger partial charge in [-0.15, -0.1) is 0 Å². The van der Waals surface area contributed by atoms with Crippen molar-refractivity contribution in [2.45, 2.75) is 64.0 Å². The van der Waals surface area contributed by atoms with Crippen molar-refractivity contribution in [2.24, 2.45) is 23.7 Å². The molecule has 4 heteroatoms. The number of rotatable bonds is 4. The summed E-state index contributed by atoms with van der Waals surface area (Å²) in [4.78, 5) is 27.1. The summed E-state index contributed by atoms with van der Waals surface area (Å²) in [5.74, 6) is 3.04. The molecule has 0 radical (unpaired) electrons. The second kappa shape index (κ2) is 4.99. The molecular weight excluding hydrogens is 264 g/mol. The lowest BCUT2D eigenvalue weighted by Crippen LogP contribution is -2.64. The van der Waals surface area contributed by atoms with Crippen LogP contribution in [0.5, 0.6) is 0 Å². The fourth-order valence-corrected chi connectivity index (χ4v) is 5.01. The second-order valence-electron chi connectivity index (χ2n) is 7.67. The summed E-state index contributed by atoms with van der Waals surface area (Å²) >= 11 is 0. The van der Waals surface area contributed by atoms with Gasteiger partial charge in [0.1, 0.15) is 12.1 Å². The molecule has 0 spiro atoms. The first-order valence-corrected chi connectivity index (χ1v) is 8.78. The molecule has 4 nitrogen and oxygen atoms in total. The minimum Gasteiger partial charge on any atom is -0.342 e. The molecule has 3 saturated carbocycles. The SMILES string of the molecule is CCC1C(=O)NC(C2CC2)C(=O)N1CC1CC2CCC1C2. The van der Waals surface area contributed by atoms with Gasteiger partial charge in [-0.25, -0.2) is 0 Å². The average Bonchev–Trinajstić information content (AvgIpc) is 3.11. The summed E-state index contributed by atoms with van der Waals surface area (Å²) < 4.78 is 0. The van der Waals surface area contributed by atoms with Gasteiger partial charge in [-0.3, -0.25) is 9.59 Å². The second-order valence-corrected chi connectivity index (χ2v) is 7.67. The minimum atomic E-state index is -0.230. The molecule has 1 saturated heterocycles. The van der Waals surface area contributed by atoms with Crippen LogP contribution in [-0.4, -0.2) is 35.3 Å². The van der Waals surface area contributed by atoms with Crippen molar-refractivity contribution in [2.75, 3.05) is 6.54 Å². The molecule has 1 heterocycles.